The maximum Gasteiger partial charge on any atom is 0.164 e. The van der Waals surface area contributed by atoms with Crippen LogP contribution in [0.5, 0.6) is 0 Å². The first-order chi connectivity index (χ1) is 17.1. The van der Waals surface area contributed by atoms with Crippen molar-refractivity contribution in [3.05, 3.63) is 47.5 Å². The lowest BCUT2D eigenvalue weighted by molar-refractivity contribution is 0.122. The highest BCUT2D eigenvalue weighted by Gasteiger charge is 2.23. The van der Waals surface area contributed by atoms with Gasteiger partial charge in [-0.05, 0) is 58.2 Å². The highest BCUT2D eigenvalue weighted by Crippen LogP contribution is 2.35. The Hall–Kier alpha value is -2.65. The number of rotatable bonds is 5. The maximum atomic E-state index is 5.63. The van der Waals surface area contributed by atoms with Crippen LogP contribution < -0.4 is 4.90 Å². The number of benzene rings is 1. The third kappa shape index (κ3) is 4.76. The minimum atomic E-state index is 0.639. The monoisotopic (exact) mass is 488 g/mol. The first kappa shape index (κ1) is 22.8. The summed E-state index contributed by atoms with van der Waals surface area (Å²) in [5.74, 6) is 1.76. The summed E-state index contributed by atoms with van der Waals surface area (Å²) in [6, 6.07) is 13.3. The van der Waals surface area contributed by atoms with Crippen molar-refractivity contribution in [2.75, 3.05) is 58.4 Å². The van der Waals surface area contributed by atoms with Gasteiger partial charge in [-0.2, -0.15) is 0 Å². The van der Waals surface area contributed by atoms with Crippen LogP contribution in [0.1, 0.15) is 17.7 Å². The maximum absolute atomic E-state index is 5.63. The quantitative estimate of drug-likeness (QED) is 0.416. The molecule has 0 saturated carbocycles. The smallest absolute Gasteiger partial charge is 0.164 e. The molecule has 4 aromatic rings. The molecule has 0 N–H and O–H groups in total. The zero-order chi connectivity index (χ0) is 23.8. The Bertz CT molecular complexity index is 1330. The molecule has 5 heterocycles. The zero-order valence-electron chi connectivity index (χ0n) is 20.5. The van der Waals surface area contributed by atoms with Crippen LogP contribution in [0.3, 0.4) is 0 Å². The highest BCUT2D eigenvalue weighted by atomic mass is 32.1. The summed E-state index contributed by atoms with van der Waals surface area (Å²) in [7, 11) is 4.48. The SMILES string of the molecule is CN1CCC(N(C)Cc2cc3c(N4CCOCC4)nc(-c4cnc5ccccc5c4)nc3s2)CC1. The largest absolute Gasteiger partial charge is 0.378 e. The number of para-hydroxylation sites is 1. The Kier molecular flexibility index (Phi) is 6.37. The number of piperidine rings is 1. The number of pyridine rings is 1. The van der Waals surface area contributed by atoms with Gasteiger partial charge in [-0.25, -0.2) is 9.97 Å². The summed E-state index contributed by atoms with van der Waals surface area (Å²) in [6.45, 7) is 6.46. The molecule has 2 saturated heterocycles. The van der Waals surface area contributed by atoms with Crippen molar-refractivity contribution in [2.45, 2.75) is 25.4 Å². The molecule has 0 unspecified atom stereocenters. The lowest BCUT2D eigenvalue weighted by Crippen LogP contribution is -2.41. The number of fused-ring (bicyclic) bond motifs is 2. The van der Waals surface area contributed by atoms with E-state index in [1.807, 2.05) is 24.4 Å². The molecular weight excluding hydrogens is 456 g/mol. The van der Waals surface area contributed by atoms with E-state index in [1.54, 1.807) is 11.3 Å². The Morgan fingerprint density at radius 3 is 2.69 bits per heavy atom. The third-order valence-corrected chi connectivity index (χ3v) is 8.31. The molecular formula is C27H32N6OS. The first-order valence-electron chi connectivity index (χ1n) is 12.5. The average Bonchev–Trinajstić information content (AvgIpc) is 3.31. The highest BCUT2D eigenvalue weighted by molar-refractivity contribution is 7.18. The fourth-order valence-corrected chi connectivity index (χ4v) is 6.27. The molecule has 0 radical (unpaired) electrons. The minimum absolute atomic E-state index is 0.639. The van der Waals surface area contributed by atoms with Crippen LogP contribution in [0.15, 0.2) is 42.6 Å². The Balaban J connectivity index is 1.36. The average molecular weight is 489 g/mol. The second-order valence-corrected chi connectivity index (χ2v) is 10.9. The van der Waals surface area contributed by atoms with Crippen LogP contribution in [0.25, 0.3) is 32.5 Å². The lowest BCUT2D eigenvalue weighted by Gasteiger charge is -2.34. The van der Waals surface area contributed by atoms with Crippen molar-refractivity contribution >= 4 is 38.3 Å². The molecule has 35 heavy (non-hydrogen) atoms. The van der Waals surface area contributed by atoms with Crippen molar-refractivity contribution < 1.29 is 4.74 Å². The van der Waals surface area contributed by atoms with Gasteiger partial charge in [0.2, 0.25) is 0 Å². The third-order valence-electron chi connectivity index (χ3n) is 7.30. The summed E-state index contributed by atoms with van der Waals surface area (Å²) in [4.78, 5) is 24.5. The number of hydrogen-bond acceptors (Lipinski definition) is 8. The standard InChI is InChI=1S/C27H32N6OS/c1-31-9-7-21(8-10-31)32(2)18-22-16-23-26(33-11-13-34-14-12-33)29-25(30-27(23)35-22)20-15-19-5-3-4-6-24(19)28-17-20/h3-6,15-17,21H,7-14,18H2,1-2H3. The number of anilines is 1. The van der Waals surface area contributed by atoms with Crippen molar-refractivity contribution in [3.63, 3.8) is 0 Å². The molecule has 182 valence electrons. The fraction of sp³-hybridized carbons (Fsp3) is 0.444. The van der Waals surface area contributed by atoms with Gasteiger partial charge in [0.05, 0.1) is 24.1 Å². The topological polar surface area (TPSA) is 57.6 Å². The van der Waals surface area contributed by atoms with Crippen LogP contribution in [-0.4, -0.2) is 84.3 Å². The van der Waals surface area contributed by atoms with Gasteiger partial charge >= 0.3 is 0 Å². The van der Waals surface area contributed by atoms with E-state index in [2.05, 4.69) is 52.0 Å². The van der Waals surface area contributed by atoms with E-state index in [1.165, 1.54) is 30.8 Å². The number of hydrogen-bond donors (Lipinski definition) is 0. The number of ether oxygens (including phenoxy) is 1. The van der Waals surface area contributed by atoms with Gasteiger partial charge in [0.1, 0.15) is 10.6 Å². The fourth-order valence-electron chi connectivity index (χ4n) is 5.18. The number of likely N-dealkylation sites (tertiary alicyclic amines) is 1. The summed E-state index contributed by atoms with van der Waals surface area (Å²) < 4.78 is 5.63. The van der Waals surface area contributed by atoms with E-state index in [0.717, 1.165) is 71.2 Å². The number of thiophene rings is 1. The summed E-state index contributed by atoms with van der Waals surface area (Å²) in [5, 5.41) is 2.26. The first-order valence-corrected chi connectivity index (χ1v) is 13.3. The zero-order valence-corrected chi connectivity index (χ0v) is 21.3. The van der Waals surface area contributed by atoms with Gasteiger partial charge < -0.3 is 14.5 Å². The molecule has 0 spiro atoms. The molecule has 3 aromatic heterocycles. The van der Waals surface area contributed by atoms with E-state index in [9.17, 15) is 0 Å². The molecule has 2 fully saturated rings. The molecule has 0 aliphatic carbocycles. The van der Waals surface area contributed by atoms with E-state index < -0.39 is 0 Å². The Morgan fingerprint density at radius 2 is 1.86 bits per heavy atom. The predicted octanol–water partition coefficient (Wildman–Crippen LogP) is 4.27. The predicted molar refractivity (Wildman–Crippen MR) is 143 cm³/mol. The number of aromatic nitrogens is 3. The van der Waals surface area contributed by atoms with Gasteiger partial charge in [0.15, 0.2) is 5.82 Å². The van der Waals surface area contributed by atoms with Crippen LogP contribution in [0.4, 0.5) is 5.82 Å². The van der Waals surface area contributed by atoms with Gasteiger partial charge in [-0.3, -0.25) is 9.88 Å². The Labute approximate surface area is 210 Å². The van der Waals surface area contributed by atoms with E-state index in [4.69, 9.17) is 14.7 Å². The van der Waals surface area contributed by atoms with E-state index in [-0.39, 0.29) is 0 Å². The second kappa shape index (κ2) is 9.78. The van der Waals surface area contributed by atoms with Crippen LogP contribution in [0.2, 0.25) is 0 Å². The van der Waals surface area contributed by atoms with Gasteiger partial charge in [0, 0.05) is 47.7 Å². The summed E-state index contributed by atoms with van der Waals surface area (Å²) in [5.41, 5.74) is 1.94. The van der Waals surface area contributed by atoms with Crippen molar-refractivity contribution in [3.8, 4) is 11.4 Å². The van der Waals surface area contributed by atoms with E-state index in [0.29, 0.717) is 6.04 Å². The lowest BCUT2D eigenvalue weighted by atomic mass is 10.0. The van der Waals surface area contributed by atoms with Crippen LogP contribution in [-0.2, 0) is 11.3 Å². The number of morpholine rings is 1. The summed E-state index contributed by atoms with van der Waals surface area (Å²) in [6.07, 6.45) is 4.36. The molecule has 0 bridgehead atoms. The Morgan fingerprint density at radius 1 is 1.06 bits per heavy atom. The van der Waals surface area contributed by atoms with Gasteiger partial charge in [0.25, 0.3) is 0 Å². The molecule has 2 aliphatic rings. The molecule has 6 rings (SSSR count). The van der Waals surface area contributed by atoms with Crippen LogP contribution >= 0.6 is 11.3 Å². The van der Waals surface area contributed by atoms with Crippen molar-refractivity contribution in [1.29, 1.82) is 0 Å². The minimum Gasteiger partial charge on any atom is -0.378 e. The van der Waals surface area contributed by atoms with E-state index >= 15 is 0 Å². The molecule has 7 nitrogen and oxygen atoms in total. The molecule has 0 atom stereocenters. The van der Waals surface area contributed by atoms with Gasteiger partial charge in [-0.1, -0.05) is 18.2 Å². The second-order valence-electron chi connectivity index (χ2n) is 9.77. The molecule has 0 amide bonds. The van der Waals surface area contributed by atoms with Crippen molar-refractivity contribution in [1.82, 2.24) is 24.8 Å². The molecule has 1 aromatic carbocycles. The molecule has 2 aliphatic heterocycles. The molecule has 8 heteroatoms. The van der Waals surface area contributed by atoms with Crippen LogP contribution in [0, 0.1) is 0 Å². The van der Waals surface area contributed by atoms with Gasteiger partial charge in [-0.15, -0.1) is 11.3 Å². The number of nitrogens with zero attached hydrogens (tertiary/aromatic N) is 6. The normalized spacial score (nSPS) is 18.2. The summed E-state index contributed by atoms with van der Waals surface area (Å²) >= 11 is 1.80. The van der Waals surface area contributed by atoms with Crippen molar-refractivity contribution in [2.24, 2.45) is 0 Å².